The standard InChI is InChI=1S/C21H26N2O4S/c1-3-10-28(25,26)22-12-15-11-17(14-22)20-9-8-19(21(24)23(20)13-15)16-4-6-18(27-2)7-5-16/h4-9,15,17H,3,10-14H2,1-2H3/t15-,17-/m1/s1. The van der Waals surface area contributed by atoms with Gasteiger partial charge in [0.15, 0.2) is 0 Å². The largest absolute Gasteiger partial charge is 0.497 e. The van der Waals surface area contributed by atoms with Gasteiger partial charge in [0.1, 0.15) is 5.75 Å². The Bertz CT molecular complexity index is 1030. The van der Waals surface area contributed by atoms with Crippen LogP contribution in [0.25, 0.3) is 11.1 Å². The molecule has 0 aliphatic carbocycles. The van der Waals surface area contributed by atoms with E-state index >= 15 is 0 Å². The molecule has 1 aromatic heterocycles. The molecule has 0 saturated carbocycles. The molecule has 2 aromatic rings. The van der Waals surface area contributed by atoms with Gasteiger partial charge in [0.2, 0.25) is 10.0 Å². The average molecular weight is 403 g/mol. The summed E-state index contributed by atoms with van der Waals surface area (Å²) >= 11 is 0. The summed E-state index contributed by atoms with van der Waals surface area (Å²) in [5.74, 6) is 1.21. The van der Waals surface area contributed by atoms with Crippen LogP contribution in [0.4, 0.5) is 0 Å². The molecule has 0 radical (unpaired) electrons. The number of rotatable bonds is 5. The highest BCUT2D eigenvalue weighted by Gasteiger charge is 2.38. The number of aromatic nitrogens is 1. The van der Waals surface area contributed by atoms with Crippen molar-refractivity contribution in [2.24, 2.45) is 5.92 Å². The topological polar surface area (TPSA) is 68.6 Å². The molecule has 4 rings (SSSR count). The number of methoxy groups -OCH3 is 1. The first kappa shape index (κ1) is 19.2. The minimum atomic E-state index is -3.21. The molecule has 3 heterocycles. The minimum Gasteiger partial charge on any atom is -0.497 e. The van der Waals surface area contributed by atoms with Crippen LogP contribution in [0.3, 0.4) is 0 Å². The molecule has 1 fully saturated rings. The number of hydrogen-bond donors (Lipinski definition) is 0. The van der Waals surface area contributed by atoms with E-state index in [0.29, 0.717) is 31.6 Å². The maximum atomic E-state index is 13.2. The van der Waals surface area contributed by atoms with E-state index in [1.807, 2.05) is 47.9 Å². The number of sulfonamides is 1. The van der Waals surface area contributed by atoms with Crippen molar-refractivity contribution < 1.29 is 13.2 Å². The normalized spacial score (nSPS) is 21.9. The molecular formula is C21H26N2O4S. The van der Waals surface area contributed by atoms with Crippen LogP contribution < -0.4 is 10.3 Å². The molecule has 2 atom stereocenters. The zero-order valence-corrected chi connectivity index (χ0v) is 17.1. The molecule has 1 aromatic carbocycles. The first-order chi connectivity index (χ1) is 13.4. The number of ether oxygens (including phenoxy) is 1. The summed E-state index contributed by atoms with van der Waals surface area (Å²) in [4.78, 5) is 13.2. The SMILES string of the molecule is CCCS(=O)(=O)N1C[C@H]2C[C@H](C1)c1ccc(-c3ccc(OC)cc3)c(=O)n1C2. The van der Waals surface area contributed by atoms with Gasteiger partial charge < -0.3 is 9.30 Å². The van der Waals surface area contributed by atoms with Crippen molar-refractivity contribution in [3.63, 3.8) is 0 Å². The van der Waals surface area contributed by atoms with Gasteiger partial charge in [0.05, 0.1) is 12.9 Å². The van der Waals surface area contributed by atoms with Gasteiger partial charge in [0, 0.05) is 36.8 Å². The van der Waals surface area contributed by atoms with Gasteiger partial charge in [-0.1, -0.05) is 19.1 Å². The lowest BCUT2D eigenvalue weighted by Gasteiger charge is -2.42. The van der Waals surface area contributed by atoms with Crippen molar-refractivity contribution in [3.05, 3.63) is 52.4 Å². The van der Waals surface area contributed by atoms with E-state index in [0.717, 1.165) is 23.4 Å². The molecule has 2 bridgehead atoms. The van der Waals surface area contributed by atoms with Crippen LogP contribution in [-0.4, -0.2) is 43.2 Å². The van der Waals surface area contributed by atoms with Gasteiger partial charge in [-0.25, -0.2) is 12.7 Å². The Hall–Kier alpha value is -2.12. The van der Waals surface area contributed by atoms with Gasteiger partial charge in [-0.3, -0.25) is 4.79 Å². The third kappa shape index (κ3) is 3.37. The predicted octanol–water partition coefficient (Wildman–Crippen LogP) is 2.68. The van der Waals surface area contributed by atoms with Gasteiger partial charge in [-0.2, -0.15) is 0 Å². The highest BCUT2D eigenvalue weighted by Crippen LogP contribution is 2.37. The lowest BCUT2D eigenvalue weighted by atomic mass is 9.84. The van der Waals surface area contributed by atoms with Crippen molar-refractivity contribution in [3.8, 4) is 16.9 Å². The second-order valence-electron chi connectivity index (χ2n) is 7.75. The minimum absolute atomic E-state index is 0.00207. The van der Waals surface area contributed by atoms with E-state index in [9.17, 15) is 13.2 Å². The Balaban J connectivity index is 1.68. The van der Waals surface area contributed by atoms with Gasteiger partial charge in [0.25, 0.3) is 5.56 Å². The molecule has 0 unspecified atom stereocenters. The van der Waals surface area contributed by atoms with Gasteiger partial charge >= 0.3 is 0 Å². The van der Waals surface area contributed by atoms with E-state index in [4.69, 9.17) is 4.74 Å². The summed E-state index contributed by atoms with van der Waals surface area (Å²) in [6.07, 6.45) is 1.56. The number of fused-ring (bicyclic) bond motifs is 4. The van der Waals surface area contributed by atoms with E-state index in [1.165, 1.54) is 0 Å². The molecular weight excluding hydrogens is 376 g/mol. The highest BCUT2D eigenvalue weighted by atomic mass is 32.2. The number of hydrogen-bond acceptors (Lipinski definition) is 4. The van der Waals surface area contributed by atoms with E-state index in [2.05, 4.69) is 0 Å². The van der Waals surface area contributed by atoms with Crippen molar-refractivity contribution in [1.82, 2.24) is 8.87 Å². The number of nitrogens with zero attached hydrogens (tertiary/aromatic N) is 2. The quantitative estimate of drug-likeness (QED) is 0.771. The molecule has 6 nitrogen and oxygen atoms in total. The van der Waals surface area contributed by atoms with E-state index in [-0.39, 0.29) is 23.1 Å². The zero-order valence-electron chi connectivity index (χ0n) is 16.3. The first-order valence-corrected chi connectivity index (χ1v) is 11.4. The van der Waals surface area contributed by atoms with Crippen LogP contribution in [0.2, 0.25) is 0 Å². The third-order valence-corrected chi connectivity index (χ3v) is 7.84. The van der Waals surface area contributed by atoms with Crippen LogP contribution in [0.1, 0.15) is 31.4 Å². The van der Waals surface area contributed by atoms with Gasteiger partial charge in [-0.15, -0.1) is 0 Å². The van der Waals surface area contributed by atoms with Crippen LogP contribution >= 0.6 is 0 Å². The summed E-state index contributed by atoms with van der Waals surface area (Å²) in [7, 11) is -1.60. The lowest BCUT2D eigenvalue weighted by Crippen LogP contribution is -2.49. The monoisotopic (exact) mass is 402 g/mol. The summed E-state index contributed by atoms with van der Waals surface area (Å²) in [5, 5.41) is 0. The van der Waals surface area contributed by atoms with Crippen LogP contribution in [0, 0.1) is 5.92 Å². The molecule has 28 heavy (non-hydrogen) atoms. The van der Waals surface area contributed by atoms with Crippen LogP contribution in [-0.2, 0) is 16.6 Å². The predicted molar refractivity (Wildman–Crippen MR) is 109 cm³/mol. The Morgan fingerprint density at radius 2 is 1.82 bits per heavy atom. The summed E-state index contributed by atoms with van der Waals surface area (Å²) in [6, 6.07) is 11.4. The fourth-order valence-electron chi connectivity index (χ4n) is 4.51. The van der Waals surface area contributed by atoms with Crippen LogP contribution in [0.15, 0.2) is 41.2 Å². The Morgan fingerprint density at radius 1 is 1.07 bits per heavy atom. The first-order valence-electron chi connectivity index (χ1n) is 9.79. The third-order valence-electron chi connectivity index (χ3n) is 5.83. The summed E-state index contributed by atoms with van der Waals surface area (Å²) < 4.78 is 33.8. The Labute approximate surface area is 165 Å². The smallest absolute Gasteiger partial charge is 0.258 e. The van der Waals surface area contributed by atoms with Crippen molar-refractivity contribution in [2.45, 2.75) is 32.2 Å². The lowest BCUT2D eigenvalue weighted by molar-refractivity contribution is 0.186. The molecule has 2 aliphatic rings. The van der Waals surface area contributed by atoms with E-state index in [1.54, 1.807) is 11.4 Å². The fourth-order valence-corrected chi connectivity index (χ4v) is 6.13. The fraction of sp³-hybridized carbons (Fsp3) is 0.476. The second-order valence-corrected chi connectivity index (χ2v) is 9.84. The second kappa shape index (κ2) is 7.37. The average Bonchev–Trinajstić information content (AvgIpc) is 2.69. The van der Waals surface area contributed by atoms with Crippen molar-refractivity contribution >= 4 is 10.0 Å². The van der Waals surface area contributed by atoms with E-state index < -0.39 is 10.0 Å². The number of piperidine rings is 1. The van der Waals surface area contributed by atoms with Crippen molar-refractivity contribution in [2.75, 3.05) is 26.0 Å². The molecule has 1 saturated heterocycles. The highest BCUT2D eigenvalue weighted by molar-refractivity contribution is 7.89. The summed E-state index contributed by atoms with van der Waals surface area (Å²) in [5.41, 5.74) is 2.49. The maximum Gasteiger partial charge on any atom is 0.258 e. The Morgan fingerprint density at radius 3 is 2.50 bits per heavy atom. The molecule has 150 valence electrons. The molecule has 7 heteroatoms. The molecule has 0 spiro atoms. The summed E-state index contributed by atoms with van der Waals surface area (Å²) in [6.45, 7) is 3.45. The van der Waals surface area contributed by atoms with Crippen LogP contribution in [0.5, 0.6) is 5.75 Å². The zero-order chi connectivity index (χ0) is 19.9. The molecule has 0 N–H and O–H groups in total. The molecule has 2 aliphatic heterocycles. The van der Waals surface area contributed by atoms with Crippen molar-refractivity contribution in [1.29, 1.82) is 0 Å². The Kier molecular flexibility index (Phi) is 5.05. The molecule has 0 amide bonds. The number of benzene rings is 1. The number of pyridine rings is 1. The maximum absolute atomic E-state index is 13.2. The van der Waals surface area contributed by atoms with Gasteiger partial charge in [-0.05, 0) is 48.6 Å².